The van der Waals surface area contributed by atoms with E-state index in [0.29, 0.717) is 24.4 Å². The highest BCUT2D eigenvalue weighted by molar-refractivity contribution is 5.85. The standard InChI is InChI=1S/C16H15F2N3/c17-12-7-5-11(6-8-12)9-16-20-15(10-21(16)19)13-3-1-2-4-14(13)18/h1-8,15H,9-10,19H2. The fourth-order valence-electron chi connectivity index (χ4n) is 2.43. The first-order valence-electron chi connectivity index (χ1n) is 6.71. The number of hydrazine groups is 1. The summed E-state index contributed by atoms with van der Waals surface area (Å²) >= 11 is 0. The van der Waals surface area contributed by atoms with Crippen molar-refractivity contribution in [2.75, 3.05) is 6.54 Å². The topological polar surface area (TPSA) is 41.6 Å². The number of hydrogen-bond donors (Lipinski definition) is 1. The minimum atomic E-state index is -0.299. The lowest BCUT2D eigenvalue weighted by Crippen LogP contribution is -2.35. The predicted octanol–water partition coefficient (Wildman–Crippen LogP) is 2.84. The van der Waals surface area contributed by atoms with Crippen LogP contribution in [-0.4, -0.2) is 17.4 Å². The first-order chi connectivity index (χ1) is 10.1. The molecule has 1 unspecified atom stereocenters. The van der Waals surface area contributed by atoms with E-state index in [-0.39, 0.29) is 17.7 Å². The molecule has 1 aliphatic heterocycles. The fraction of sp³-hybridized carbons (Fsp3) is 0.188. The van der Waals surface area contributed by atoms with Gasteiger partial charge >= 0.3 is 0 Å². The van der Waals surface area contributed by atoms with Gasteiger partial charge in [-0.25, -0.2) is 14.6 Å². The molecule has 5 heteroatoms. The summed E-state index contributed by atoms with van der Waals surface area (Å²) in [6, 6.07) is 12.5. The lowest BCUT2D eigenvalue weighted by Gasteiger charge is -2.14. The van der Waals surface area contributed by atoms with Crippen molar-refractivity contribution in [1.82, 2.24) is 5.01 Å². The summed E-state index contributed by atoms with van der Waals surface area (Å²) in [5.74, 6) is 6.06. The van der Waals surface area contributed by atoms with Crippen LogP contribution in [0.3, 0.4) is 0 Å². The summed E-state index contributed by atoms with van der Waals surface area (Å²) < 4.78 is 26.7. The Hall–Kier alpha value is -2.27. The van der Waals surface area contributed by atoms with Crippen molar-refractivity contribution in [3.8, 4) is 0 Å². The summed E-state index contributed by atoms with van der Waals surface area (Å²) in [6.45, 7) is 0.442. The second-order valence-corrected chi connectivity index (χ2v) is 5.04. The van der Waals surface area contributed by atoms with Gasteiger partial charge in [-0.05, 0) is 23.8 Å². The molecule has 0 radical (unpaired) electrons. The van der Waals surface area contributed by atoms with Gasteiger partial charge in [0.2, 0.25) is 0 Å². The van der Waals surface area contributed by atoms with Crippen LogP contribution >= 0.6 is 0 Å². The van der Waals surface area contributed by atoms with Crippen molar-refractivity contribution in [3.05, 3.63) is 71.3 Å². The summed E-state index contributed by atoms with van der Waals surface area (Å²) in [7, 11) is 0. The highest BCUT2D eigenvalue weighted by Crippen LogP contribution is 2.26. The molecular formula is C16H15F2N3. The fourth-order valence-corrected chi connectivity index (χ4v) is 2.43. The van der Waals surface area contributed by atoms with Crippen LogP contribution < -0.4 is 5.84 Å². The molecule has 0 bridgehead atoms. The second kappa shape index (κ2) is 5.61. The zero-order valence-corrected chi connectivity index (χ0v) is 11.3. The molecule has 0 saturated heterocycles. The maximum Gasteiger partial charge on any atom is 0.128 e. The van der Waals surface area contributed by atoms with E-state index in [1.165, 1.54) is 23.2 Å². The first kappa shape index (κ1) is 13.7. The van der Waals surface area contributed by atoms with Gasteiger partial charge in [0.25, 0.3) is 0 Å². The van der Waals surface area contributed by atoms with Crippen molar-refractivity contribution >= 4 is 5.84 Å². The van der Waals surface area contributed by atoms with E-state index in [1.54, 1.807) is 30.3 Å². The van der Waals surface area contributed by atoms with Gasteiger partial charge < -0.3 is 0 Å². The number of halogens is 2. The van der Waals surface area contributed by atoms with E-state index >= 15 is 0 Å². The molecule has 2 aromatic rings. The summed E-state index contributed by atoms with van der Waals surface area (Å²) in [5.41, 5.74) is 1.46. The number of amidine groups is 1. The average molecular weight is 287 g/mol. The van der Waals surface area contributed by atoms with E-state index in [0.717, 1.165) is 5.56 Å². The van der Waals surface area contributed by atoms with Gasteiger partial charge in [-0.15, -0.1) is 0 Å². The Kier molecular flexibility index (Phi) is 3.66. The van der Waals surface area contributed by atoms with Crippen LogP contribution in [0.25, 0.3) is 0 Å². The number of hydrogen-bond acceptors (Lipinski definition) is 3. The van der Waals surface area contributed by atoms with Gasteiger partial charge in [0.1, 0.15) is 17.5 Å². The molecule has 21 heavy (non-hydrogen) atoms. The van der Waals surface area contributed by atoms with Crippen LogP contribution in [0.2, 0.25) is 0 Å². The maximum absolute atomic E-state index is 13.8. The number of nitrogens with zero attached hydrogens (tertiary/aromatic N) is 2. The lowest BCUT2D eigenvalue weighted by molar-refractivity contribution is 0.436. The summed E-state index contributed by atoms with van der Waals surface area (Å²) in [6.07, 6.45) is 0.502. The quantitative estimate of drug-likeness (QED) is 0.882. The molecule has 0 fully saturated rings. The molecule has 108 valence electrons. The third kappa shape index (κ3) is 2.92. The van der Waals surface area contributed by atoms with Crippen molar-refractivity contribution in [2.24, 2.45) is 10.8 Å². The first-order valence-corrected chi connectivity index (χ1v) is 6.71. The van der Waals surface area contributed by atoms with Gasteiger partial charge in [-0.2, -0.15) is 0 Å². The molecule has 1 aliphatic rings. The molecule has 2 aromatic carbocycles. The molecule has 3 rings (SSSR count). The molecule has 0 aliphatic carbocycles. The third-order valence-electron chi connectivity index (χ3n) is 3.55. The van der Waals surface area contributed by atoms with Gasteiger partial charge in [0.05, 0.1) is 12.6 Å². The number of rotatable bonds is 3. The van der Waals surface area contributed by atoms with Crippen molar-refractivity contribution in [3.63, 3.8) is 0 Å². The van der Waals surface area contributed by atoms with Crippen LogP contribution in [0.1, 0.15) is 17.2 Å². The Morgan fingerprint density at radius 2 is 1.81 bits per heavy atom. The maximum atomic E-state index is 13.8. The van der Waals surface area contributed by atoms with Gasteiger partial charge in [-0.1, -0.05) is 30.3 Å². The molecule has 0 spiro atoms. The summed E-state index contributed by atoms with van der Waals surface area (Å²) in [5, 5.41) is 1.53. The van der Waals surface area contributed by atoms with Crippen LogP contribution in [-0.2, 0) is 6.42 Å². The molecule has 0 amide bonds. The predicted molar refractivity (Wildman–Crippen MR) is 77.6 cm³/mol. The Morgan fingerprint density at radius 1 is 1.10 bits per heavy atom. The second-order valence-electron chi connectivity index (χ2n) is 5.04. The minimum absolute atomic E-state index is 0.275. The van der Waals surface area contributed by atoms with Crippen LogP contribution in [0, 0.1) is 11.6 Å². The number of aliphatic imine (C=N–C) groups is 1. The lowest BCUT2D eigenvalue weighted by atomic mass is 10.1. The molecule has 0 saturated carbocycles. The van der Waals surface area contributed by atoms with Gasteiger partial charge in [-0.3, -0.25) is 10.0 Å². The molecule has 0 aromatic heterocycles. The highest BCUT2D eigenvalue weighted by Gasteiger charge is 2.26. The minimum Gasteiger partial charge on any atom is -0.296 e. The largest absolute Gasteiger partial charge is 0.296 e. The van der Waals surface area contributed by atoms with Crippen LogP contribution in [0.5, 0.6) is 0 Å². The summed E-state index contributed by atoms with van der Waals surface area (Å²) in [4.78, 5) is 4.50. The van der Waals surface area contributed by atoms with E-state index in [9.17, 15) is 8.78 Å². The van der Waals surface area contributed by atoms with Gasteiger partial charge in [0, 0.05) is 12.0 Å². The number of nitrogens with two attached hydrogens (primary N) is 1. The Labute approximate surface area is 121 Å². The molecule has 3 nitrogen and oxygen atoms in total. The molecular weight excluding hydrogens is 272 g/mol. The van der Waals surface area contributed by atoms with Crippen molar-refractivity contribution < 1.29 is 8.78 Å². The van der Waals surface area contributed by atoms with Crippen molar-refractivity contribution in [1.29, 1.82) is 0 Å². The van der Waals surface area contributed by atoms with Crippen LogP contribution in [0.4, 0.5) is 8.78 Å². The van der Waals surface area contributed by atoms with E-state index in [2.05, 4.69) is 4.99 Å². The Bertz CT molecular complexity index is 667. The van der Waals surface area contributed by atoms with E-state index < -0.39 is 0 Å². The zero-order chi connectivity index (χ0) is 14.8. The molecule has 1 atom stereocenters. The monoisotopic (exact) mass is 287 g/mol. The van der Waals surface area contributed by atoms with E-state index in [1.807, 2.05) is 0 Å². The van der Waals surface area contributed by atoms with Crippen LogP contribution in [0.15, 0.2) is 53.5 Å². The van der Waals surface area contributed by atoms with E-state index in [4.69, 9.17) is 5.84 Å². The molecule has 1 heterocycles. The zero-order valence-electron chi connectivity index (χ0n) is 11.3. The molecule has 2 N–H and O–H groups in total. The van der Waals surface area contributed by atoms with Gasteiger partial charge in [0.15, 0.2) is 0 Å². The normalized spacial score (nSPS) is 18.0. The number of benzene rings is 2. The Balaban J connectivity index is 1.81. The smallest absolute Gasteiger partial charge is 0.128 e. The van der Waals surface area contributed by atoms with Crippen molar-refractivity contribution in [2.45, 2.75) is 12.5 Å². The average Bonchev–Trinajstić information content (AvgIpc) is 2.83. The third-order valence-corrected chi connectivity index (χ3v) is 3.55. The SMILES string of the molecule is NN1CC(c2ccccc2F)N=C1Cc1ccc(F)cc1. The Morgan fingerprint density at radius 3 is 2.52 bits per heavy atom. The highest BCUT2D eigenvalue weighted by atomic mass is 19.1.